The molecular weight excluding hydrogens is 234 g/mol. The number of nitrogens with one attached hydrogen (secondary N) is 2. The van der Waals surface area contributed by atoms with Crippen molar-refractivity contribution in [2.75, 3.05) is 0 Å². The van der Waals surface area contributed by atoms with Gasteiger partial charge in [0, 0.05) is 24.5 Å². The maximum absolute atomic E-state index is 4.09. The van der Waals surface area contributed by atoms with Crippen LogP contribution in [0.1, 0.15) is 11.4 Å². The number of aromatic amines is 2. The van der Waals surface area contributed by atoms with Gasteiger partial charge in [-0.2, -0.15) is 0 Å². The molecule has 0 spiro atoms. The van der Waals surface area contributed by atoms with Gasteiger partial charge in [-0.25, -0.2) is 9.97 Å². The summed E-state index contributed by atoms with van der Waals surface area (Å²) in [6.45, 7) is 0. The van der Waals surface area contributed by atoms with E-state index in [1.807, 2.05) is 67.1 Å². The molecule has 0 unspecified atom stereocenters. The molecular formula is C16H16N3+. The second-order valence-corrected chi connectivity index (χ2v) is 3.80. The molecule has 0 aromatic carbocycles. The monoisotopic (exact) mass is 250 g/mol. The molecule has 0 aliphatic rings. The fraction of sp³-hybridized carbons (Fsp3) is 0. The zero-order valence-electron chi connectivity index (χ0n) is 10.5. The molecule has 3 heteroatoms. The van der Waals surface area contributed by atoms with E-state index in [1.54, 1.807) is 12.4 Å². The van der Waals surface area contributed by atoms with Crippen LogP contribution in [-0.4, -0.2) is 9.97 Å². The van der Waals surface area contributed by atoms with Gasteiger partial charge in [-0.05, 0) is 11.6 Å². The SMILES string of the molecule is C(/C=C/C=C/c1ncc[nH]1)=C\C=C\c1cc[nH+]cc1. The first kappa shape index (κ1) is 12.8. The Hall–Kier alpha value is -2.68. The Balaban J connectivity index is 1.76. The van der Waals surface area contributed by atoms with Crippen LogP contribution in [0.4, 0.5) is 0 Å². The zero-order valence-corrected chi connectivity index (χ0v) is 10.5. The first-order chi connectivity index (χ1) is 9.45. The van der Waals surface area contributed by atoms with E-state index < -0.39 is 0 Å². The van der Waals surface area contributed by atoms with Gasteiger partial charge in [0.2, 0.25) is 0 Å². The Morgan fingerprint density at radius 1 is 0.895 bits per heavy atom. The summed E-state index contributed by atoms with van der Waals surface area (Å²) in [5, 5.41) is 0. The van der Waals surface area contributed by atoms with E-state index in [1.165, 1.54) is 5.56 Å². The topological polar surface area (TPSA) is 42.8 Å². The molecule has 2 heterocycles. The van der Waals surface area contributed by atoms with Crippen molar-refractivity contribution < 1.29 is 4.98 Å². The third-order valence-electron chi connectivity index (χ3n) is 2.36. The highest BCUT2D eigenvalue weighted by molar-refractivity contribution is 5.49. The van der Waals surface area contributed by atoms with Gasteiger partial charge in [0.25, 0.3) is 0 Å². The first-order valence-corrected chi connectivity index (χ1v) is 6.09. The standard InChI is InChI=1S/C16H15N3/c1(2-4-6-8-16-18-13-14-19-16)3-5-7-15-9-11-17-12-10-15/h1-14H,(H,18,19)/p+1/b3-1+,4-2+,7-5+,8-6+. The molecule has 0 amide bonds. The highest BCUT2D eigenvalue weighted by Crippen LogP contribution is 1.97. The average Bonchev–Trinajstić information content (AvgIpc) is 2.96. The quantitative estimate of drug-likeness (QED) is 0.814. The smallest absolute Gasteiger partial charge is 0.167 e. The Kier molecular flexibility index (Phi) is 5.11. The van der Waals surface area contributed by atoms with Crippen molar-refractivity contribution in [2.45, 2.75) is 0 Å². The minimum atomic E-state index is 0.856. The van der Waals surface area contributed by atoms with Crippen LogP contribution in [0.15, 0.2) is 73.4 Å². The second-order valence-electron chi connectivity index (χ2n) is 3.80. The van der Waals surface area contributed by atoms with Crippen LogP contribution in [0, 0.1) is 0 Å². The minimum Gasteiger partial charge on any atom is -0.345 e. The van der Waals surface area contributed by atoms with Crippen molar-refractivity contribution in [2.24, 2.45) is 0 Å². The summed E-state index contributed by atoms with van der Waals surface area (Å²) in [6.07, 6.45) is 23.2. The molecule has 0 aliphatic carbocycles. The van der Waals surface area contributed by atoms with Crippen LogP contribution in [0.5, 0.6) is 0 Å². The van der Waals surface area contributed by atoms with Crippen molar-refractivity contribution in [3.63, 3.8) is 0 Å². The number of imidazole rings is 1. The van der Waals surface area contributed by atoms with E-state index >= 15 is 0 Å². The molecule has 0 fully saturated rings. The Morgan fingerprint density at radius 2 is 1.58 bits per heavy atom. The number of hydrogen-bond acceptors (Lipinski definition) is 1. The molecule has 19 heavy (non-hydrogen) atoms. The maximum Gasteiger partial charge on any atom is 0.167 e. The molecule has 0 saturated carbocycles. The predicted octanol–water partition coefficient (Wildman–Crippen LogP) is 3.06. The second kappa shape index (κ2) is 7.61. The van der Waals surface area contributed by atoms with Crippen LogP contribution >= 0.6 is 0 Å². The number of rotatable bonds is 5. The maximum atomic E-state index is 4.09. The van der Waals surface area contributed by atoms with E-state index in [0.717, 1.165) is 5.82 Å². The van der Waals surface area contributed by atoms with Gasteiger partial charge in [-0.3, -0.25) is 0 Å². The number of H-pyrrole nitrogens is 2. The van der Waals surface area contributed by atoms with E-state index in [4.69, 9.17) is 0 Å². The van der Waals surface area contributed by atoms with Gasteiger partial charge in [0.15, 0.2) is 12.4 Å². The van der Waals surface area contributed by atoms with Gasteiger partial charge in [-0.1, -0.05) is 42.5 Å². The molecule has 2 aromatic heterocycles. The van der Waals surface area contributed by atoms with Gasteiger partial charge in [-0.15, -0.1) is 0 Å². The molecule has 0 bridgehead atoms. The summed E-state index contributed by atoms with van der Waals surface area (Å²) in [5.41, 5.74) is 1.17. The molecule has 0 atom stereocenters. The summed E-state index contributed by atoms with van der Waals surface area (Å²) in [6, 6.07) is 4.04. The molecule has 2 N–H and O–H groups in total. The zero-order chi connectivity index (χ0) is 13.2. The third kappa shape index (κ3) is 5.00. The molecule has 0 aliphatic heterocycles. The highest BCUT2D eigenvalue weighted by Gasteiger charge is 1.84. The highest BCUT2D eigenvalue weighted by atomic mass is 14.9. The van der Waals surface area contributed by atoms with Crippen molar-refractivity contribution in [1.29, 1.82) is 0 Å². The van der Waals surface area contributed by atoms with E-state index in [9.17, 15) is 0 Å². The van der Waals surface area contributed by atoms with Crippen molar-refractivity contribution in [3.05, 3.63) is 84.8 Å². The Labute approximate surface area is 112 Å². The van der Waals surface area contributed by atoms with Crippen LogP contribution in [0.2, 0.25) is 0 Å². The summed E-state index contributed by atoms with van der Waals surface area (Å²) in [7, 11) is 0. The largest absolute Gasteiger partial charge is 0.345 e. The molecule has 0 saturated heterocycles. The van der Waals surface area contributed by atoms with Crippen LogP contribution in [-0.2, 0) is 0 Å². The van der Waals surface area contributed by atoms with Crippen LogP contribution in [0.25, 0.3) is 12.2 Å². The summed E-state index contributed by atoms with van der Waals surface area (Å²) < 4.78 is 0. The Morgan fingerprint density at radius 3 is 2.26 bits per heavy atom. The fourth-order valence-corrected chi connectivity index (χ4v) is 1.45. The molecule has 2 aromatic rings. The number of allylic oxidation sites excluding steroid dienone is 6. The van der Waals surface area contributed by atoms with Crippen molar-refractivity contribution >= 4 is 12.2 Å². The Bertz CT molecular complexity index is 576. The van der Waals surface area contributed by atoms with Gasteiger partial charge in [0.1, 0.15) is 5.82 Å². The average molecular weight is 250 g/mol. The third-order valence-corrected chi connectivity index (χ3v) is 2.36. The van der Waals surface area contributed by atoms with Gasteiger partial charge in [0.05, 0.1) is 0 Å². The van der Waals surface area contributed by atoms with E-state index in [0.29, 0.717) is 0 Å². The summed E-state index contributed by atoms with van der Waals surface area (Å²) in [4.78, 5) is 10.1. The van der Waals surface area contributed by atoms with Crippen LogP contribution in [0.3, 0.4) is 0 Å². The summed E-state index contributed by atoms with van der Waals surface area (Å²) in [5.74, 6) is 0.856. The predicted molar refractivity (Wildman–Crippen MR) is 77.9 cm³/mol. The van der Waals surface area contributed by atoms with Gasteiger partial charge < -0.3 is 4.98 Å². The summed E-state index contributed by atoms with van der Waals surface area (Å²) >= 11 is 0. The number of aromatic nitrogens is 3. The molecule has 3 nitrogen and oxygen atoms in total. The normalized spacial score (nSPS) is 12.4. The van der Waals surface area contributed by atoms with E-state index in [2.05, 4.69) is 21.0 Å². The minimum absolute atomic E-state index is 0.856. The van der Waals surface area contributed by atoms with Crippen molar-refractivity contribution in [1.82, 2.24) is 9.97 Å². The number of nitrogens with zero attached hydrogens (tertiary/aromatic N) is 1. The van der Waals surface area contributed by atoms with Crippen molar-refractivity contribution in [3.8, 4) is 0 Å². The molecule has 0 radical (unpaired) electrons. The lowest BCUT2D eigenvalue weighted by molar-refractivity contribution is -0.378. The fourth-order valence-electron chi connectivity index (χ4n) is 1.45. The first-order valence-electron chi connectivity index (χ1n) is 6.09. The lowest BCUT2D eigenvalue weighted by atomic mass is 10.2. The lowest BCUT2D eigenvalue weighted by Crippen LogP contribution is -1.96. The van der Waals surface area contributed by atoms with E-state index in [-0.39, 0.29) is 0 Å². The lowest BCUT2D eigenvalue weighted by Gasteiger charge is -1.84. The van der Waals surface area contributed by atoms with Crippen LogP contribution < -0.4 is 4.98 Å². The number of pyridine rings is 1. The van der Waals surface area contributed by atoms with Gasteiger partial charge >= 0.3 is 0 Å². The number of hydrogen-bond donors (Lipinski definition) is 1. The molecule has 2 rings (SSSR count). The molecule has 94 valence electrons.